The number of halogens is 2. The smallest absolute Gasteiger partial charge is 0.114 e. The average Bonchev–Trinajstić information content (AvgIpc) is 2.37. The SMILES string of the molecule is C#CC1=C[C-]=C(c2cc(F)cc(F)c2)N(CC)C1=C.[Y]. The van der Waals surface area contributed by atoms with Gasteiger partial charge in [0.1, 0.15) is 11.6 Å². The van der Waals surface area contributed by atoms with Gasteiger partial charge in [-0.3, -0.25) is 0 Å². The summed E-state index contributed by atoms with van der Waals surface area (Å²) >= 11 is 0. The second kappa shape index (κ2) is 6.97. The number of benzene rings is 1. The number of allylic oxidation sites excluding steroid dienone is 3. The fourth-order valence-corrected chi connectivity index (χ4v) is 1.99. The first kappa shape index (κ1) is 16.8. The Balaban J connectivity index is 0.00000200. The van der Waals surface area contributed by atoms with Crippen molar-refractivity contribution in [1.82, 2.24) is 4.90 Å². The minimum atomic E-state index is -0.627. The van der Waals surface area contributed by atoms with Gasteiger partial charge in [-0.15, -0.1) is 12.3 Å². The Hall–Kier alpha value is -1.24. The van der Waals surface area contributed by atoms with E-state index in [0.717, 1.165) is 6.07 Å². The molecule has 0 amide bonds. The van der Waals surface area contributed by atoms with Gasteiger partial charge < -0.3 is 4.90 Å². The molecule has 1 heterocycles. The van der Waals surface area contributed by atoms with Gasteiger partial charge in [0, 0.05) is 45.3 Å². The van der Waals surface area contributed by atoms with Gasteiger partial charge >= 0.3 is 0 Å². The van der Waals surface area contributed by atoms with Crippen LogP contribution in [0.3, 0.4) is 0 Å². The van der Waals surface area contributed by atoms with Gasteiger partial charge in [-0.25, -0.2) is 8.78 Å². The molecular formula is C16H12F2NY-. The van der Waals surface area contributed by atoms with E-state index in [1.807, 2.05) is 6.92 Å². The number of nitrogens with zero attached hydrogens (tertiary/aromatic N) is 1. The number of hydrogen-bond donors (Lipinski definition) is 0. The summed E-state index contributed by atoms with van der Waals surface area (Å²) in [5, 5.41) is 0. The topological polar surface area (TPSA) is 3.24 Å². The van der Waals surface area contributed by atoms with Crippen LogP contribution in [-0.2, 0) is 32.7 Å². The van der Waals surface area contributed by atoms with E-state index in [-0.39, 0.29) is 32.7 Å². The maximum atomic E-state index is 13.3. The first-order valence-electron chi connectivity index (χ1n) is 5.80. The van der Waals surface area contributed by atoms with E-state index in [1.165, 1.54) is 12.1 Å². The van der Waals surface area contributed by atoms with Crippen LogP contribution in [-0.4, -0.2) is 11.4 Å². The first-order chi connectivity index (χ1) is 9.06. The summed E-state index contributed by atoms with van der Waals surface area (Å²) in [6, 6.07) is 3.35. The van der Waals surface area contributed by atoms with Crippen molar-refractivity contribution in [2.75, 3.05) is 6.54 Å². The molecule has 1 aromatic rings. The molecule has 20 heavy (non-hydrogen) atoms. The van der Waals surface area contributed by atoms with Crippen LogP contribution in [0.4, 0.5) is 8.78 Å². The summed E-state index contributed by atoms with van der Waals surface area (Å²) in [5.41, 5.74) is 2.21. The quantitative estimate of drug-likeness (QED) is 0.586. The van der Waals surface area contributed by atoms with Crippen LogP contribution in [0.15, 0.2) is 42.1 Å². The Morgan fingerprint density at radius 3 is 2.40 bits per heavy atom. The van der Waals surface area contributed by atoms with Crippen molar-refractivity contribution < 1.29 is 41.5 Å². The molecule has 99 valence electrons. The molecular weight excluding hydrogens is 333 g/mol. The summed E-state index contributed by atoms with van der Waals surface area (Å²) in [6.45, 7) is 6.39. The molecule has 0 aliphatic carbocycles. The van der Waals surface area contributed by atoms with Crippen LogP contribution in [0.25, 0.3) is 5.70 Å². The van der Waals surface area contributed by atoms with Crippen molar-refractivity contribution >= 4 is 5.70 Å². The third-order valence-corrected chi connectivity index (χ3v) is 2.87. The van der Waals surface area contributed by atoms with Gasteiger partial charge in [-0.1, -0.05) is 35.5 Å². The minimum absolute atomic E-state index is 0. The van der Waals surface area contributed by atoms with E-state index in [9.17, 15) is 8.78 Å². The number of rotatable bonds is 2. The number of likely N-dealkylation sites (N-methyl/N-ethyl adjacent to an activating group) is 1. The summed E-state index contributed by atoms with van der Waals surface area (Å²) in [6.07, 6.45) is 9.94. The third-order valence-electron chi connectivity index (χ3n) is 2.87. The summed E-state index contributed by atoms with van der Waals surface area (Å²) in [4.78, 5) is 1.78. The van der Waals surface area contributed by atoms with Gasteiger partial charge in [0.2, 0.25) is 0 Å². The monoisotopic (exact) mass is 345 g/mol. The maximum Gasteiger partial charge on any atom is 0.114 e. The average molecular weight is 345 g/mol. The number of terminal acetylenes is 1. The van der Waals surface area contributed by atoms with Crippen molar-refractivity contribution in [3.05, 3.63) is 65.4 Å². The van der Waals surface area contributed by atoms with Crippen LogP contribution in [0, 0.1) is 30.1 Å². The van der Waals surface area contributed by atoms with Crippen LogP contribution in [0.2, 0.25) is 0 Å². The fourth-order valence-electron chi connectivity index (χ4n) is 1.99. The molecule has 0 N–H and O–H groups in total. The van der Waals surface area contributed by atoms with Crippen molar-refractivity contribution in [1.29, 1.82) is 0 Å². The molecule has 1 nitrogen and oxygen atoms in total. The van der Waals surface area contributed by atoms with Crippen LogP contribution in [0.5, 0.6) is 0 Å². The zero-order valence-electron chi connectivity index (χ0n) is 11.1. The Bertz CT molecular complexity index is 618. The van der Waals surface area contributed by atoms with E-state index in [0.29, 0.717) is 29.1 Å². The predicted molar refractivity (Wildman–Crippen MR) is 71.4 cm³/mol. The summed E-state index contributed by atoms with van der Waals surface area (Å²) in [5.74, 6) is 1.25. The van der Waals surface area contributed by atoms with Gasteiger partial charge in [0.15, 0.2) is 0 Å². The molecule has 0 bridgehead atoms. The second-order valence-electron chi connectivity index (χ2n) is 4.04. The van der Waals surface area contributed by atoms with Crippen LogP contribution < -0.4 is 0 Å². The van der Waals surface area contributed by atoms with E-state index < -0.39 is 11.6 Å². The number of hydrogen-bond acceptors (Lipinski definition) is 1. The van der Waals surface area contributed by atoms with E-state index in [1.54, 1.807) is 11.0 Å². The fraction of sp³-hybridized carbons (Fsp3) is 0.125. The van der Waals surface area contributed by atoms with Crippen LogP contribution in [0.1, 0.15) is 12.5 Å². The van der Waals surface area contributed by atoms with Crippen molar-refractivity contribution in [3.63, 3.8) is 0 Å². The molecule has 0 saturated heterocycles. The third kappa shape index (κ3) is 3.26. The summed E-state index contributed by atoms with van der Waals surface area (Å²) in [7, 11) is 0. The maximum absolute atomic E-state index is 13.3. The largest absolute Gasteiger partial charge is 0.375 e. The van der Waals surface area contributed by atoms with Gasteiger partial charge in [-0.05, 0) is 12.6 Å². The molecule has 1 radical (unpaired) electrons. The standard InChI is InChI=1S/C16H12F2N.Y/c1-4-12-6-7-16(19(5-2)11(12)3)13-8-14(17)10-15(18)9-13;/h1,6,8-10H,3,5H2,2H3;/q-1;. The van der Waals surface area contributed by atoms with Crippen molar-refractivity contribution in [3.8, 4) is 12.3 Å². The Kier molecular flexibility index (Phi) is 5.86. The summed E-state index contributed by atoms with van der Waals surface area (Å²) < 4.78 is 26.6. The Morgan fingerprint density at radius 1 is 1.30 bits per heavy atom. The molecule has 0 unspecified atom stereocenters. The molecule has 0 saturated carbocycles. The normalized spacial score (nSPS) is 14.1. The Labute approximate surface area is 142 Å². The van der Waals surface area contributed by atoms with Crippen LogP contribution >= 0.6 is 0 Å². The molecule has 1 aromatic carbocycles. The van der Waals surface area contributed by atoms with E-state index in [2.05, 4.69) is 18.6 Å². The first-order valence-corrected chi connectivity index (χ1v) is 5.80. The van der Waals surface area contributed by atoms with Gasteiger partial charge in [-0.2, -0.15) is 12.2 Å². The molecule has 1 aliphatic rings. The zero-order chi connectivity index (χ0) is 14.0. The predicted octanol–water partition coefficient (Wildman–Crippen LogP) is 3.52. The molecule has 2 rings (SSSR count). The van der Waals surface area contributed by atoms with Crippen molar-refractivity contribution in [2.45, 2.75) is 6.92 Å². The molecule has 0 spiro atoms. The molecule has 0 fully saturated rings. The minimum Gasteiger partial charge on any atom is -0.375 e. The van der Waals surface area contributed by atoms with E-state index >= 15 is 0 Å². The van der Waals surface area contributed by atoms with E-state index in [4.69, 9.17) is 6.42 Å². The molecule has 0 atom stereocenters. The molecule has 4 heteroatoms. The zero-order valence-corrected chi connectivity index (χ0v) is 13.9. The molecule has 0 aromatic heterocycles. The second-order valence-corrected chi connectivity index (χ2v) is 4.04. The molecule has 1 aliphatic heterocycles. The van der Waals surface area contributed by atoms with Gasteiger partial charge in [0.25, 0.3) is 0 Å². The van der Waals surface area contributed by atoms with Gasteiger partial charge in [0.05, 0.1) is 0 Å². The van der Waals surface area contributed by atoms with Crippen molar-refractivity contribution in [2.24, 2.45) is 0 Å². The Morgan fingerprint density at radius 2 is 1.90 bits per heavy atom.